The topological polar surface area (TPSA) is 35.6 Å². The minimum atomic E-state index is 0.707. The van der Waals surface area contributed by atoms with Gasteiger partial charge in [-0.05, 0) is 89.0 Å². The quantitative estimate of drug-likeness (QED) is 0.161. The molecule has 0 atom stereocenters. The fourth-order valence-corrected chi connectivity index (χ4v) is 9.28. The zero-order valence-electron chi connectivity index (χ0n) is 33.7. The fourth-order valence-electron chi connectivity index (χ4n) is 9.28. The van der Waals surface area contributed by atoms with Crippen molar-refractivity contribution in [2.24, 2.45) is 0 Å². The van der Waals surface area contributed by atoms with Crippen molar-refractivity contribution in [2.75, 3.05) is 0 Å². The van der Waals surface area contributed by atoms with Crippen LogP contribution in [0.2, 0.25) is 0 Å². The van der Waals surface area contributed by atoms with Crippen molar-refractivity contribution in [3.8, 4) is 67.5 Å². The molecule has 0 N–H and O–H groups in total. The van der Waals surface area contributed by atoms with Gasteiger partial charge in [0.25, 0.3) is 0 Å². The smallest absolute Gasteiger partial charge is 0.160 e. The van der Waals surface area contributed by atoms with E-state index in [1.165, 1.54) is 54.8 Å². The predicted molar refractivity (Wildman–Crippen MR) is 258 cm³/mol. The summed E-state index contributed by atoms with van der Waals surface area (Å²) in [6.45, 7) is 0. The highest BCUT2D eigenvalue weighted by Gasteiger charge is 2.19. The summed E-state index contributed by atoms with van der Waals surface area (Å²) in [5.41, 5.74) is 16.5. The van der Waals surface area contributed by atoms with Gasteiger partial charge in [0.05, 0.1) is 33.5 Å². The van der Waals surface area contributed by atoms with E-state index in [0.29, 0.717) is 5.82 Å². The molecular weight excluding hydrogens is 753 g/mol. The summed E-state index contributed by atoms with van der Waals surface area (Å²) in [5, 5.41) is 4.92. The highest BCUT2D eigenvalue weighted by atomic mass is 15.0. The number of para-hydroxylation sites is 3. The summed E-state index contributed by atoms with van der Waals surface area (Å²) in [4.78, 5) is 10.2. The average molecular weight is 791 g/mol. The molecule has 0 unspecified atom stereocenters. The molecule has 3 aromatic heterocycles. The summed E-state index contributed by atoms with van der Waals surface area (Å²) in [6, 6.07) is 82.2. The first kappa shape index (κ1) is 35.6. The molecule has 4 heteroatoms. The zero-order chi connectivity index (χ0) is 41.0. The van der Waals surface area contributed by atoms with E-state index in [4.69, 9.17) is 9.97 Å². The molecule has 0 saturated carbocycles. The Morgan fingerprint density at radius 2 is 0.790 bits per heavy atom. The van der Waals surface area contributed by atoms with Crippen LogP contribution < -0.4 is 0 Å². The number of aromatic nitrogens is 4. The molecule has 0 fully saturated rings. The Morgan fingerprint density at radius 1 is 0.274 bits per heavy atom. The third kappa shape index (κ3) is 6.00. The molecule has 0 spiro atoms. The number of hydrogen-bond donors (Lipinski definition) is 0. The van der Waals surface area contributed by atoms with Gasteiger partial charge in [0.15, 0.2) is 5.82 Å². The van der Waals surface area contributed by atoms with Gasteiger partial charge < -0.3 is 9.13 Å². The second-order valence-electron chi connectivity index (χ2n) is 15.8. The first-order chi connectivity index (χ1) is 30.7. The van der Waals surface area contributed by atoms with Crippen molar-refractivity contribution >= 4 is 43.6 Å². The van der Waals surface area contributed by atoms with Crippen LogP contribution in [-0.2, 0) is 0 Å². The SMILES string of the molecule is c1ccc(-c2cc(-c3cccc(-c4cccc5c4c4ccccc4n5-c4cccc(-c5ccc6c(c5)c5ccccc5n6-c5ccccc5)c4)c3)nc(-c3ccccc3)n2)cc1. The molecule has 0 aliphatic rings. The van der Waals surface area contributed by atoms with Crippen molar-refractivity contribution in [2.45, 2.75) is 0 Å². The van der Waals surface area contributed by atoms with Crippen molar-refractivity contribution < 1.29 is 0 Å². The molecule has 0 bridgehead atoms. The van der Waals surface area contributed by atoms with Crippen LogP contribution in [-0.4, -0.2) is 19.1 Å². The highest BCUT2D eigenvalue weighted by Crippen LogP contribution is 2.41. The molecule has 9 aromatic carbocycles. The van der Waals surface area contributed by atoms with Gasteiger partial charge in [-0.1, -0.05) is 164 Å². The maximum Gasteiger partial charge on any atom is 0.160 e. The van der Waals surface area contributed by atoms with E-state index in [9.17, 15) is 0 Å². The van der Waals surface area contributed by atoms with Crippen molar-refractivity contribution in [3.63, 3.8) is 0 Å². The summed E-state index contributed by atoms with van der Waals surface area (Å²) < 4.78 is 4.79. The third-order valence-corrected chi connectivity index (χ3v) is 12.1. The molecule has 12 aromatic rings. The third-order valence-electron chi connectivity index (χ3n) is 12.1. The molecule has 290 valence electrons. The van der Waals surface area contributed by atoms with Gasteiger partial charge in [-0.25, -0.2) is 9.97 Å². The summed E-state index contributed by atoms with van der Waals surface area (Å²) in [6.07, 6.45) is 0. The van der Waals surface area contributed by atoms with E-state index in [1.807, 2.05) is 24.3 Å². The van der Waals surface area contributed by atoms with Gasteiger partial charge in [-0.15, -0.1) is 0 Å². The number of benzene rings is 9. The van der Waals surface area contributed by atoms with Crippen molar-refractivity contribution in [1.82, 2.24) is 19.1 Å². The lowest BCUT2D eigenvalue weighted by molar-refractivity contribution is 1.18. The Balaban J connectivity index is 0.983. The van der Waals surface area contributed by atoms with Gasteiger partial charge >= 0.3 is 0 Å². The largest absolute Gasteiger partial charge is 0.309 e. The average Bonchev–Trinajstić information content (AvgIpc) is 3.87. The monoisotopic (exact) mass is 790 g/mol. The lowest BCUT2D eigenvalue weighted by Gasteiger charge is -2.12. The Morgan fingerprint density at radius 3 is 1.58 bits per heavy atom. The molecule has 4 nitrogen and oxygen atoms in total. The van der Waals surface area contributed by atoms with Gasteiger partial charge in [0.2, 0.25) is 0 Å². The van der Waals surface area contributed by atoms with Gasteiger partial charge in [-0.3, -0.25) is 0 Å². The van der Waals surface area contributed by atoms with E-state index in [0.717, 1.165) is 50.5 Å². The molecule has 12 rings (SSSR count). The number of hydrogen-bond acceptors (Lipinski definition) is 2. The van der Waals surface area contributed by atoms with Crippen molar-refractivity contribution in [3.05, 3.63) is 231 Å². The van der Waals surface area contributed by atoms with Gasteiger partial charge in [0.1, 0.15) is 0 Å². The Bertz CT molecular complexity index is 3560. The summed E-state index contributed by atoms with van der Waals surface area (Å²) in [7, 11) is 0. The van der Waals surface area contributed by atoms with Crippen LogP contribution in [0.4, 0.5) is 0 Å². The highest BCUT2D eigenvalue weighted by molar-refractivity contribution is 6.16. The van der Waals surface area contributed by atoms with Crippen LogP contribution >= 0.6 is 0 Å². The molecule has 0 aliphatic heterocycles. The predicted octanol–water partition coefficient (Wildman–Crippen LogP) is 15.0. The molecule has 0 radical (unpaired) electrons. The Hall–Kier alpha value is -8.34. The van der Waals surface area contributed by atoms with E-state index >= 15 is 0 Å². The van der Waals surface area contributed by atoms with Gasteiger partial charge in [0, 0.05) is 49.6 Å². The van der Waals surface area contributed by atoms with Crippen LogP contribution in [0.5, 0.6) is 0 Å². The fraction of sp³-hybridized carbons (Fsp3) is 0. The molecule has 0 saturated heterocycles. The van der Waals surface area contributed by atoms with E-state index in [2.05, 4.69) is 215 Å². The Kier molecular flexibility index (Phi) is 8.46. The van der Waals surface area contributed by atoms with Crippen LogP contribution in [0, 0.1) is 0 Å². The minimum Gasteiger partial charge on any atom is -0.309 e. The number of fused-ring (bicyclic) bond motifs is 6. The second kappa shape index (κ2) is 14.7. The standard InChI is InChI=1S/C58H38N4/c1-4-17-39(18-5-1)51-38-52(60-58(59-51)40-19-6-2-7-20-40)44-23-14-22-43(35-44)47-29-16-32-56-57(47)49-28-11-13-31-54(49)62(56)46-26-15-21-41(36-46)42-33-34-55-50(37-42)48-27-10-12-30-53(48)61(55)45-24-8-3-9-25-45/h1-38H. The molecule has 62 heavy (non-hydrogen) atoms. The van der Waals surface area contributed by atoms with Gasteiger partial charge in [-0.2, -0.15) is 0 Å². The van der Waals surface area contributed by atoms with Crippen LogP contribution in [0.1, 0.15) is 0 Å². The minimum absolute atomic E-state index is 0.707. The Labute approximate surface area is 359 Å². The van der Waals surface area contributed by atoms with E-state index in [-0.39, 0.29) is 0 Å². The van der Waals surface area contributed by atoms with E-state index < -0.39 is 0 Å². The molecular formula is C58H38N4. The lowest BCUT2D eigenvalue weighted by atomic mass is 9.97. The first-order valence-electron chi connectivity index (χ1n) is 21.1. The number of rotatable bonds is 7. The number of nitrogens with zero attached hydrogens (tertiary/aromatic N) is 4. The summed E-state index contributed by atoms with van der Waals surface area (Å²) >= 11 is 0. The zero-order valence-corrected chi connectivity index (χ0v) is 33.7. The maximum atomic E-state index is 5.15. The normalized spacial score (nSPS) is 11.5. The van der Waals surface area contributed by atoms with Crippen LogP contribution in [0.3, 0.4) is 0 Å². The molecule has 0 aliphatic carbocycles. The lowest BCUT2D eigenvalue weighted by Crippen LogP contribution is -1.96. The maximum absolute atomic E-state index is 5.15. The second-order valence-corrected chi connectivity index (χ2v) is 15.8. The van der Waals surface area contributed by atoms with Crippen LogP contribution in [0.15, 0.2) is 231 Å². The molecule has 0 amide bonds. The van der Waals surface area contributed by atoms with Crippen LogP contribution in [0.25, 0.3) is 111 Å². The summed E-state index contributed by atoms with van der Waals surface area (Å²) in [5.74, 6) is 0.707. The van der Waals surface area contributed by atoms with Crippen molar-refractivity contribution in [1.29, 1.82) is 0 Å². The molecule has 3 heterocycles. The first-order valence-corrected chi connectivity index (χ1v) is 21.1. The van der Waals surface area contributed by atoms with E-state index in [1.54, 1.807) is 0 Å².